The van der Waals surface area contributed by atoms with Crippen molar-refractivity contribution >= 4 is 53.2 Å². The average molecular weight is 487 g/mol. The normalized spacial score (nSPS) is 17.5. The zero-order valence-electron chi connectivity index (χ0n) is 17.1. The highest BCUT2D eigenvalue weighted by molar-refractivity contribution is 6.35. The quantitative estimate of drug-likeness (QED) is 0.499. The van der Waals surface area contributed by atoms with Crippen LogP contribution in [0.2, 0.25) is 10.0 Å². The molecule has 31 heavy (non-hydrogen) atoms. The maximum absolute atomic E-state index is 12.0. The molecule has 0 saturated heterocycles. The van der Waals surface area contributed by atoms with Crippen molar-refractivity contribution in [2.24, 2.45) is 5.73 Å². The second kappa shape index (κ2) is 11.0. The number of hydrazine groups is 1. The van der Waals surface area contributed by atoms with Crippen molar-refractivity contribution in [2.75, 3.05) is 11.6 Å². The van der Waals surface area contributed by atoms with E-state index in [1.165, 1.54) is 17.5 Å². The molecule has 1 aliphatic rings. The minimum absolute atomic E-state index is 0. The number of unbranched alkanes of at least 4 members (excludes halogenated alkanes) is 1. The molecule has 0 aliphatic carbocycles. The number of carbonyl (C=O) groups excluding carboxylic acids is 1. The number of aryl methyl sites for hydroxylation is 1. The van der Waals surface area contributed by atoms with Gasteiger partial charge in [-0.3, -0.25) is 15.2 Å². The molecular weight excluding hydrogens is 461 g/mol. The van der Waals surface area contributed by atoms with Crippen LogP contribution in [0.5, 0.6) is 0 Å². The van der Waals surface area contributed by atoms with Crippen LogP contribution in [-0.2, 0) is 16.0 Å². The van der Waals surface area contributed by atoms with Crippen LogP contribution in [0.15, 0.2) is 36.4 Å². The third kappa shape index (κ3) is 5.83. The number of fused-ring (bicyclic) bond motifs is 1. The third-order valence-electron chi connectivity index (χ3n) is 5.32. The van der Waals surface area contributed by atoms with Gasteiger partial charge in [0.2, 0.25) is 5.91 Å². The molecule has 0 spiro atoms. The van der Waals surface area contributed by atoms with Gasteiger partial charge in [0.05, 0.1) is 5.69 Å². The summed E-state index contributed by atoms with van der Waals surface area (Å²) in [7, 11) is 0. The van der Waals surface area contributed by atoms with Crippen molar-refractivity contribution < 1.29 is 14.7 Å². The molecule has 0 bridgehead atoms. The molecule has 0 aromatic heterocycles. The number of carboxylic acid groups (broad SMARTS) is 1. The van der Waals surface area contributed by atoms with Crippen LogP contribution in [0.25, 0.3) is 0 Å². The lowest BCUT2D eigenvalue weighted by atomic mass is 9.81. The molecule has 1 heterocycles. The fourth-order valence-corrected chi connectivity index (χ4v) is 4.56. The first kappa shape index (κ1) is 25.3. The van der Waals surface area contributed by atoms with Crippen molar-refractivity contribution in [3.8, 4) is 0 Å². The minimum Gasteiger partial charge on any atom is -0.480 e. The summed E-state index contributed by atoms with van der Waals surface area (Å²) >= 11 is 12.8. The zero-order chi connectivity index (χ0) is 21.8. The van der Waals surface area contributed by atoms with Crippen molar-refractivity contribution in [1.82, 2.24) is 5.43 Å². The third-order valence-corrected chi connectivity index (χ3v) is 5.85. The molecule has 9 heteroatoms. The number of nitrogens with zero attached hydrogens (tertiary/aromatic N) is 1. The lowest BCUT2D eigenvalue weighted by Gasteiger charge is -2.40. The Kier molecular flexibility index (Phi) is 9.01. The SMILES string of the molecule is CC(=O)NN1c2cc(Cl)cc(Cl)c2[C@H](c2ccc(CCCCN)cc2)C[C@H]1C(=O)O.Cl. The summed E-state index contributed by atoms with van der Waals surface area (Å²) in [5.41, 5.74) is 11.6. The van der Waals surface area contributed by atoms with Crippen molar-refractivity contribution in [3.63, 3.8) is 0 Å². The smallest absolute Gasteiger partial charge is 0.328 e. The van der Waals surface area contributed by atoms with E-state index in [2.05, 4.69) is 17.6 Å². The van der Waals surface area contributed by atoms with Gasteiger partial charge in [-0.05, 0) is 55.5 Å². The summed E-state index contributed by atoms with van der Waals surface area (Å²) < 4.78 is 0. The first-order valence-electron chi connectivity index (χ1n) is 9.89. The van der Waals surface area contributed by atoms with Gasteiger partial charge in [0.25, 0.3) is 0 Å². The maximum atomic E-state index is 12.0. The van der Waals surface area contributed by atoms with Gasteiger partial charge in [0.15, 0.2) is 0 Å². The summed E-state index contributed by atoms with van der Waals surface area (Å²) in [6.45, 7) is 2.01. The maximum Gasteiger partial charge on any atom is 0.328 e. The molecule has 6 nitrogen and oxygen atoms in total. The number of halogens is 3. The van der Waals surface area contributed by atoms with Gasteiger partial charge in [-0.1, -0.05) is 47.5 Å². The van der Waals surface area contributed by atoms with Crippen LogP contribution < -0.4 is 16.2 Å². The number of carbonyl (C=O) groups is 2. The Morgan fingerprint density at radius 3 is 2.45 bits per heavy atom. The van der Waals surface area contributed by atoms with Crippen LogP contribution in [0.3, 0.4) is 0 Å². The standard InChI is InChI=1S/C22H25Cl2N3O3.ClH/c1-13(28)26-27-19-11-16(23)10-18(24)21(19)17(12-20(27)22(29)30)15-7-5-14(6-8-15)4-2-3-9-25;/h5-8,10-11,17,20H,2-4,9,12,25H2,1H3,(H,26,28)(H,29,30);1H/t17-,20-;/m0./s1. The molecule has 1 aliphatic heterocycles. The predicted molar refractivity (Wildman–Crippen MR) is 126 cm³/mol. The number of hydrogen-bond donors (Lipinski definition) is 3. The Hall–Kier alpha value is -1.99. The lowest BCUT2D eigenvalue weighted by Crippen LogP contribution is -2.54. The predicted octanol–water partition coefficient (Wildman–Crippen LogP) is 4.54. The lowest BCUT2D eigenvalue weighted by molar-refractivity contribution is -0.139. The second-order valence-corrected chi connectivity index (χ2v) is 8.33. The summed E-state index contributed by atoms with van der Waals surface area (Å²) in [6.07, 6.45) is 3.21. The largest absolute Gasteiger partial charge is 0.480 e. The first-order valence-corrected chi connectivity index (χ1v) is 10.6. The van der Waals surface area contributed by atoms with Crippen LogP contribution in [0.4, 0.5) is 5.69 Å². The highest BCUT2D eigenvalue weighted by atomic mass is 35.5. The fourth-order valence-electron chi connectivity index (χ4n) is 3.94. The summed E-state index contributed by atoms with van der Waals surface area (Å²) in [5, 5.41) is 12.0. The van der Waals surface area contributed by atoms with E-state index in [0.29, 0.717) is 22.3 Å². The van der Waals surface area contributed by atoms with E-state index in [-0.39, 0.29) is 30.7 Å². The molecule has 168 valence electrons. The number of rotatable bonds is 7. The molecule has 0 radical (unpaired) electrons. The molecule has 4 N–H and O–H groups in total. The van der Waals surface area contributed by atoms with Crippen molar-refractivity contribution in [3.05, 3.63) is 63.1 Å². The molecule has 0 unspecified atom stereocenters. The van der Waals surface area contributed by atoms with Gasteiger partial charge < -0.3 is 10.8 Å². The van der Waals surface area contributed by atoms with Crippen LogP contribution in [0.1, 0.15) is 48.8 Å². The number of amides is 1. The number of benzene rings is 2. The van der Waals surface area contributed by atoms with Gasteiger partial charge >= 0.3 is 5.97 Å². The van der Waals surface area contributed by atoms with E-state index in [4.69, 9.17) is 28.9 Å². The van der Waals surface area contributed by atoms with E-state index in [9.17, 15) is 14.7 Å². The van der Waals surface area contributed by atoms with E-state index >= 15 is 0 Å². The Labute approximate surface area is 198 Å². The van der Waals surface area contributed by atoms with Gasteiger partial charge in [-0.15, -0.1) is 12.4 Å². The summed E-state index contributed by atoms with van der Waals surface area (Å²) in [5.74, 6) is -1.65. The van der Waals surface area contributed by atoms with Gasteiger partial charge in [-0.25, -0.2) is 4.79 Å². The Morgan fingerprint density at radius 1 is 1.19 bits per heavy atom. The molecular formula is C22H26Cl3N3O3. The topological polar surface area (TPSA) is 95.7 Å². The number of aliphatic carboxylic acids is 1. The number of hydrogen-bond acceptors (Lipinski definition) is 4. The van der Waals surface area contributed by atoms with E-state index < -0.39 is 12.0 Å². The Morgan fingerprint density at radius 2 is 1.87 bits per heavy atom. The van der Waals surface area contributed by atoms with Crippen LogP contribution >= 0.6 is 35.6 Å². The number of carboxylic acids is 1. The average Bonchev–Trinajstić information content (AvgIpc) is 2.68. The molecule has 2 atom stereocenters. The zero-order valence-corrected chi connectivity index (χ0v) is 19.4. The molecule has 3 rings (SSSR count). The fraction of sp³-hybridized carbons (Fsp3) is 0.364. The van der Waals surface area contributed by atoms with Gasteiger partial charge in [0.1, 0.15) is 6.04 Å². The van der Waals surface area contributed by atoms with E-state index in [0.717, 1.165) is 30.4 Å². The molecule has 1 amide bonds. The summed E-state index contributed by atoms with van der Waals surface area (Å²) in [4.78, 5) is 23.8. The van der Waals surface area contributed by atoms with Crippen molar-refractivity contribution in [1.29, 1.82) is 0 Å². The van der Waals surface area contributed by atoms with Crippen molar-refractivity contribution in [2.45, 2.75) is 44.6 Å². The van der Waals surface area contributed by atoms with Gasteiger partial charge in [-0.2, -0.15) is 0 Å². The monoisotopic (exact) mass is 485 g/mol. The first-order chi connectivity index (χ1) is 14.3. The van der Waals surface area contributed by atoms with Gasteiger partial charge in [0, 0.05) is 28.5 Å². The van der Waals surface area contributed by atoms with E-state index in [1.807, 2.05) is 12.1 Å². The minimum atomic E-state index is -1.03. The Bertz CT molecular complexity index is 938. The van der Waals surface area contributed by atoms with Crippen LogP contribution in [0, 0.1) is 0 Å². The number of nitrogens with two attached hydrogens (primary N) is 1. The Balaban J connectivity index is 0.00000341. The highest BCUT2D eigenvalue weighted by Crippen LogP contribution is 2.46. The number of anilines is 1. The number of nitrogens with one attached hydrogen (secondary N) is 1. The summed E-state index contributed by atoms with van der Waals surface area (Å²) in [6, 6.07) is 10.5. The highest BCUT2D eigenvalue weighted by Gasteiger charge is 2.39. The molecule has 2 aromatic rings. The molecule has 0 saturated carbocycles. The van der Waals surface area contributed by atoms with Crippen LogP contribution in [-0.4, -0.2) is 29.6 Å². The molecule has 2 aromatic carbocycles. The van der Waals surface area contributed by atoms with E-state index in [1.54, 1.807) is 12.1 Å². The second-order valence-electron chi connectivity index (χ2n) is 7.49. The molecule has 0 fully saturated rings.